The molecule has 2 bridgehead atoms. The molecule has 2 atom stereocenters. The maximum Gasteiger partial charge on any atom is 0.365 e. The number of benzene rings is 3. The fourth-order valence-corrected chi connectivity index (χ4v) is 4.17. The molecule has 34 heavy (non-hydrogen) atoms. The SMILES string of the molecule is COC(=O)[C@H](C)[N+]1(c2ccccc2)c2cc(-c3ccc(/C=N/Oc4ccccc4)cc3)nc1n2. The summed E-state index contributed by atoms with van der Waals surface area (Å²) in [6.45, 7) is 1.84. The zero-order chi connectivity index (χ0) is 23.5. The van der Waals surface area contributed by atoms with E-state index >= 15 is 0 Å². The third-order valence-corrected chi connectivity index (χ3v) is 5.97. The molecule has 0 saturated heterocycles. The van der Waals surface area contributed by atoms with Crippen molar-refractivity contribution in [3.8, 4) is 17.0 Å². The van der Waals surface area contributed by atoms with E-state index in [1.54, 1.807) is 6.21 Å². The standard InChI is InChI=1S/C27H23N4O3/c1-19(26(32)33-2)31(22-9-5-3-6-10-22)25-17-24(29-27(31)30-25)21-15-13-20(14-16-21)18-28-34-23-11-7-4-8-12-23/h3-19H,1-2H3/q+1/b28-18+/t19-,31?/m0/s1. The molecule has 0 aliphatic carbocycles. The number of fused-ring (bicyclic) bond motifs is 2. The quantitative estimate of drug-likeness (QED) is 0.163. The van der Waals surface area contributed by atoms with Gasteiger partial charge in [0.15, 0.2) is 5.75 Å². The molecule has 0 radical (unpaired) electrons. The van der Waals surface area contributed by atoms with Crippen LogP contribution < -0.4 is 9.32 Å². The third kappa shape index (κ3) is 3.62. The van der Waals surface area contributed by atoms with E-state index in [2.05, 4.69) is 10.1 Å². The number of para-hydroxylation sites is 2. The summed E-state index contributed by atoms with van der Waals surface area (Å²) in [5, 5.41) is 4.04. The van der Waals surface area contributed by atoms with Crippen LogP contribution in [0, 0.1) is 0 Å². The molecule has 4 aromatic rings. The van der Waals surface area contributed by atoms with Gasteiger partial charge < -0.3 is 9.57 Å². The molecule has 168 valence electrons. The van der Waals surface area contributed by atoms with Crippen molar-refractivity contribution in [2.24, 2.45) is 5.16 Å². The molecule has 1 aromatic heterocycles. The topological polar surface area (TPSA) is 73.7 Å². The molecule has 0 amide bonds. The van der Waals surface area contributed by atoms with Gasteiger partial charge in [0.05, 0.1) is 19.0 Å². The highest BCUT2D eigenvalue weighted by atomic mass is 16.6. The van der Waals surface area contributed by atoms with Crippen LogP contribution in [-0.2, 0) is 9.53 Å². The number of ether oxygens (including phenoxy) is 1. The molecule has 0 spiro atoms. The van der Waals surface area contributed by atoms with Gasteiger partial charge >= 0.3 is 11.9 Å². The zero-order valence-corrected chi connectivity index (χ0v) is 18.8. The van der Waals surface area contributed by atoms with E-state index in [4.69, 9.17) is 14.6 Å². The van der Waals surface area contributed by atoms with Gasteiger partial charge in [0.25, 0.3) is 0 Å². The molecular formula is C27H23N4O3+. The van der Waals surface area contributed by atoms with Gasteiger partial charge in [0.1, 0.15) is 5.69 Å². The van der Waals surface area contributed by atoms with Gasteiger partial charge in [-0.05, 0) is 17.7 Å². The first-order chi connectivity index (χ1) is 16.6. The van der Waals surface area contributed by atoms with Crippen molar-refractivity contribution in [1.29, 1.82) is 0 Å². The van der Waals surface area contributed by atoms with E-state index in [1.165, 1.54) is 7.11 Å². The van der Waals surface area contributed by atoms with E-state index in [0.29, 0.717) is 11.7 Å². The van der Waals surface area contributed by atoms with Crippen molar-refractivity contribution in [1.82, 2.24) is 14.5 Å². The molecule has 3 heterocycles. The van der Waals surface area contributed by atoms with Gasteiger partial charge in [-0.25, -0.2) is 4.79 Å². The predicted octanol–water partition coefficient (Wildman–Crippen LogP) is 5.40. The van der Waals surface area contributed by atoms with E-state index in [0.717, 1.165) is 28.3 Å². The molecule has 7 heteroatoms. The second kappa shape index (κ2) is 8.88. The molecule has 3 aromatic carbocycles. The lowest BCUT2D eigenvalue weighted by atomic mass is 10.0. The number of hydrogen-bond donors (Lipinski definition) is 0. The number of esters is 1. The van der Waals surface area contributed by atoms with Crippen molar-refractivity contribution >= 4 is 29.6 Å². The Balaban J connectivity index is 1.40. The van der Waals surface area contributed by atoms with E-state index < -0.39 is 6.04 Å². The molecule has 0 fully saturated rings. The number of carbonyl (C=O) groups is 1. The number of quaternary nitrogens is 1. The van der Waals surface area contributed by atoms with Gasteiger partial charge in [0.2, 0.25) is 11.9 Å². The summed E-state index contributed by atoms with van der Waals surface area (Å²) < 4.78 is 5.21. The molecule has 6 rings (SSSR count). The molecular weight excluding hydrogens is 428 g/mol. The van der Waals surface area contributed by atoms with Crippen molar-refractivity contribution < 1.29 is 14.4 Å². The minimum atomic E-state index is -0.514. The molecule has 7 nitrogen and oxygen atoms in total. The summed E-state index contributed by atoms with van der Waals surface area (Å²) in [5.74, 6) is 1.69. The van der Waals surface area contributed by atoms with Gasteiger partial charge in [-0.2, -0.15) is 9.47 Å². The Bertz CT molecular complexity index is 1320. The normalized spacial score (nSPS) is 17.1. The van der Waals surface area contributed by atoms with Crippen LogP contribution in [0.3, 0.4) is 0 Å². The predicted molar refractivity (Wildman–Crippen MR) is 131 cm³/mol. The monoisotopic (exact) mass is 451 g/mol. The van der Waals surface area contributed by atoms with Crippen LogP contribution in [0.4, 0.5) is 17.5 Å². The summed E-state index contributed by atoms with van der Waals surface area (Å²) in [7, 11) is 1.40. The molecule has 0 saturated carbocycles. The first-order valence-electron chi connectivity index (χ1n) is 10.9. The van der Waals surface area contributed by atoms with Crippen LogP contribution in [0.1, 0.15) is 12.5 Å². The Hall–Kier alpha value is -4.36. The van der Waals surface area contributed by atoms with E-state index in [9.17, 15) is 4.79 Å². The van der Waals surface area contributed by atoms with Crippen LogP contribution in [0.5, 0.6) is 5.75 Å². The van der Waals surface area contributed by atoms with Crippen LogP contribution in [0.25, 0.3) is 11.3 Å². The van der Waals surface area contributed by atoms with Crippen molar-refractivity contribution in [2.45, 2.75) is 13.0 Å². The molecule has 1 unspecified atom stereocenters. The number of hydrogen-bond acceptors (Lipinski definition) is 6. The highest BCUT2D eigenvalue weighted by Crippen LogP contribution is 2.51. The van der Waals surface area contributed by atoms with Gasteiger partial charge in [-0.15, -0.1) is 4.98 Å². The first kappa shape index (κ1) is 21.5. The van der Waals surface area contributed by atoms with Crippen LogP contribution in [0.2, 0.25) is 0 Å². The zero-order valence-electron chi connectivity index (χ0n) is 18.8. The highest BCUT2D eigenvalue weighted by Gasteiger charge is 2.56. The molecule has 0 N–H and O–H groups in total. The summed E-state index contributed by atoms with van der Waals surface area (Å²) >= 11 is 0. The average Bonchev–Trinajstić information content (AvgIpc) is 2.90. The van der Waals surface area contributed by atoms with Gasteiger partial charge in [-0.1, -0.05) is 65.8 Å². The average molecular weight is 452 g/mol. The number of carbonyl (C=O) groups excluding carboxylic acids is 1. The van der Waals surface area contributed by atoms with E-state index in [-0.39, 0.29) is 10.5 Å². The minimum absolute atomic E-state index is 0.151. The van der Waals surface area contributed by atoms with Gasteiger partial charge in [-0.3, -0.25) is 0 Å². The maximum absolute atomic E-state index is 12.5. The number of rotatable bonds is 7. The third-order valence-electron chi connectivity index (χ3n) is 5.97. The molecule has 2 aliphatic heterocycles. The van der Waals surface area contributed by atoms with Gasteiger partial charge in [0, 0.05) is 30.7 Å². The smallest absolute Gasteiger partial charge is 0.365 e. The summed E-state index contributed by atoms with van der Waals surface area (Å²) in [6, 6.07) is 28.5. The Labute approximate surface area is 197 Å². The first-order valence-corrected chi connectivity index (χ1v) is 10.9. The lowest BCUT2D eigenvalue weighted by Crippen LogP contribution is -2.57. The van der Waals surface area contributed by atoms with Crippen LogP contribution in [-0.4, -0.2) is 35.3 Å². The number of aromatic nitrogens is 2. The van der Waals surface area contributed by atoms with Crippen molar-refractivity contribution in [2.75, 3.05) is 7.11 Å². The fraction of sp³-hybridized carbons (Fsp3) is 0.111. The number of oxime groups is 1. The maximum atomic E-state index is 12.5. The lowest BCUT2D eigenvalue weighted by Gasteiger charge is -2.42. The van der Waals surface area contributed by atoms with E-state index in [1.807, 2.05) is 97.9 Å². The lowest BCUT2D eigenvalue weighted by molar-refractivity contribution is -0.144. The number of methoxy groups -OCH3 is 1. The second-order valence-electron chi connectivity index (χ2n) is 7.93. The fourth-order valence-electron chi connectivity index (χ4n) is 4.17. The van der Waals surface area contributed by atoms with Crippen LogP contribution >= 0.6 is 0 Å². The highest BCUT2D eigenvalue weighted by molar-refractivity contribution is 5.88. The van der Waals surface area contributed by atoms with Crippen molar-refractivity contribution in [3.05, 3.63) is 96.6 Å². The minimum Gasteiger partial charge on any atom is -0.465 e. The van der Waals surface area contributed by atoms with Crippen LogP contribution in [0.15, 0.2) is 96.2 Å². The second-order valence-corrected chi connectivity index (χ2v) is 7.93. The Morgan fingerprint density at radius 2 is 1.62 bits per heavy atom. The summed E-state index contributed by atoms with van der Waals surface area (Å²) in [5.41, 5.74) is 3.57. The Morgan fingerprint density at radius 3 is 2.24 bits per heavy atom. The molecule has 2 aliphatic rings. The summed E-state index contributed by atoms with van der Waals surface area (Å²) in [6.07, 6.45) is 1.66. The Morgan fingerprint density at radius 1 is 0.941 bits per heavy atom. The van der Waals surface area contributed by atoms with Crippen molar-refractivity contribution in [3.63, 3.8) is 0 Å². The Kier molecular flexibility index (Phi) is 5.61. The number of nitrogens with zero attached hydrogens (tertiary/aromatic N) is 4. The largest absolute Gasteiger partial charge is 0.465 e. The summed E-state index contributed by atoms with van der Waals surface area (Å²) in [4.78, 5) is 27.3.